The largest absolute Gasteiger partial charge is 0.573 e. The maximum atomic E-state index is 13.4. The van der Waals surface area contributed by atoms with E-state index in [1.165, 1.54) is 23.1 Å². The summed E-state index contributed by atoms with van der Waals surface area (Å²) in [5.74, 6) is -0.650. The van der Waals surface area contributed by atoms with Gasteiger partial charge < -0.3 is 10.1 Å². The van der Waals surface area contributed by atoms with Crippen LogP contribution in [0.25, 0.3) is 0 Å². The van der Waals surface area contributed by atoms with Crippen molar-refractivity contribution in [2.75, 3.05) is 4.90 Å². The van der Waals surface area contributed by atoms with E-state index in [0.29, 0.717) is 22.0 Å². The van der Waals surface area contributed by atoms with Gasteiger partial charge in [-0.3, -0.25) is 9.69 Å². The van der Waals surface area contributed by atoms with Crippen molar-refractivity contribution in [3.63, 3.8) is 0 Å². The van der Waals surface area contributed by atoms with E-state index >= 15 is 0 Å². The van der Waals surface area contributed by atoms with Gasteiger partial charge in [0.2, 0.25) is 0 Å². The fraction of sp³-hybridized carbons (Fsp3) is 0.160. The topological polar surface area (TPSA) is 41.6 Å². The van der Waals surface area contributed by atoms with Crippen LogP contribution in [0, 0.1) is 0 Å². The third kappa shape index (κ3) is 5.31. The normalized spacial score (nSPS) is 17.0. The van der Waals surface area contributed by atoms with E-state index < -0.39 is 12.4 Å². The van der Waals surface area contributed by atoms with Crippen LogP contribution >= 0.6 is 11.6 Å². The molecule has 0 bridgehead atoms. The SMILES string of the molecule is C[C@@H](NC1=C[C@H](c2cccc(OC(F)(F)F)c2)N(c2ccc(Cl)cc2)C1=O)c1ccccc1. The lowest BCUT2D eigenvalue weighted by Gasteiger charge is -2.26. The summed E-state index contributed by atoms with van der Waals surface area (Å²) in [6.45, 7) is 1.93. The molecule has 0 unspecified atom stereocenters. The average Bonchev–Trinajstić information content (AvgIpc) is 3.10. The lowest BCUT2D eigenvalue weighted by atomic mass is 10.1. The van der Waals surface area contributed by atoms with Gasteiger partial charge in [0.15, 0.2) is 0 Å². The highest BCUT2D eigenvalue weighted by atomic mass is 35.5. The number of nitrogens with zero attached hydrogens (tertiary/aromatic N) is 1. The van der Waals surface area contributed by atoms with Gasteiger partial charge in [-0.2, -0.15) is 0 Å². The second-order valence-electron chi connectivity index (χ2n) is 7.57. The number of hydrogen-bond donors (Lipinski definition) is 1. The zero-order valence-corrected chi connectivity index (χ0v) is 18.3. The highest BCUT2D eigenvalue weighted by molar-refractivity contribution is 6.30. The van der Waals surface area contributed by atoms with Crippen molar-refractivity contribution in [3.8, 4) is 5.75 Å². The summed E-state index contributed by atoms with van der Waals surface area (Å²) in [7, 11) is 0. The minimum atomic E-state index is -4.81. The van der Waals surface area contributed by atoms with Crippen LogP contribution < -0.4 is 15.0 Å². The van der Waals surface area contributed by atoms with Gasteiger partial charge in [0.1, 0.15) is 5.75 Å². The van der Waals surface area contributed by atoms with Crippen LogP contribution in [0.5, 0.6) is 5.75 Å². The molecule has 0 aliphatic carbocycles. The molecule has 0 saturated carbocycles. The average molecular weight is 473 g/mol. The quantitative estimate of drug-likeness (QED) is 0.441. The second kappa shape index (κ2) is 9.19. The first-order valence-corrected chi connectivity index (χ1v) is 10.6. The first kappa shape index (κ1) is 22.7. The van der Waals surface area contributed by atoms with Crippen molar-refractivity contribution in [2.24, 2.45) is 0 Å². The molecular formula is C25H20ClF3N2O2. The molecular weight excluding hydrogens is 453 g/mol. The lowest BCUT2D eigenvalue weighted by molar-refractivity contribution is -0.274. The van der Waals surface area contributed by atoms with Gasteiger partial charge in [0.05, 0.1) is 11.7 Å². The van der Waals surface area contributed by atoms with Crippen LogP contribution in [0.4, 0.5) is 18.9 Å². The zero-order chi connectivity index (χ0) is 23.6. The van der Waals surface area contributed by atoms with Crippen LogP contribution in [-0.2, 0) is 4.79 Å². The highest BCUT2D eigenvalue weighted by Gasteiger charge is 2.36. The summed E-state index contributed by atoms with van der Waals surface area (Å²) in [5, 5.41) is 3.75. The highest BCUT2D eigenvalue weighted by Crippen LogP contribution is 2.37. The number of anilines is 1. The molecule has 1 amide bonds. The maximum Gasteiger partial charge on any atom is 0.573 e. The van der Waals surface area contributed by atoms with E-state index in [4.69, 9.17) is 11.6 Å². The molecule has 3 aromatic carbocycles. The van der Waals surface area contributed by atoms with Gasteiger partial charge in [-0.15, -0.1) is 13.2 Å². The number of halogens is 4. The van der Waals surface area contributed by atoms with E-state index in [1.807, 2.05) is 37.3 Å². The molecule has 33 heavy (non-hydrogen) atoms. The van der Waals surface area contributed by atoms with Crippen molar-refractivity contribution in [2.45, 2.75) is 25.4 Å². The molecule has 0 spiro atoms. The first-order chi connectivity index (χ1) is 15.7. The first-order valence-electron chi connectivity index (χ1n) is 10.2. The molecule has 2 atom stereocenters. The fourth-order valence-electron chi connectivity index (χ4n) is 3.75. The summed E-state index contributed by atoms with van der Waals surface area (Å²) < 4.78 is 42.3. The summed E-state index contributed by atoms with van der Waals surface area (Å²) in [5.41, 5.74) is 2.39. The van der Waals surface area contributed by atoms with Crippen LogP contribution in [0.3, 0.4) is 0 Å². The zero-order valence-electron chi connectivity index (χ0n) is 17.5. The van der Waals surface area contributed by atoms with Gasteiger partial charge in [0.25, 0.3) is 5.91 Å². The Morgan fingerprint density at radius 1 is 1.00 bits per heavy atom. The van der Waals surface area contributed by atoms with Crippen LogP contribution in [0.15, 0.2) is 90.6 Å². The van der Waals surface area contributed by atoms with Crippen molar-refractivity contribution in [1.82, 2.24) is 5.32 Å². The Labute approximate surface area is 194 Å². The predicted octanol–water partition coefficient (Wildman–Crippen LogP) is 6.56. The lowest BCUT2D eigenvalue weighted by Crippen LogP contribution is -2.33. The number of alkyl halides is 3. The molecule has 8 heteroatoms. The van der Waals surface area contributed by atoms with E-state index in [1.54, 1.807) is 36.4 Å². The Balaban J connectivity index is 1.70. The van der Waals surface area contributed by atoms with Crippen molar-refractivity contribution < 1.29 is 22.7 Å². The van der Waals surface area contributed by atoms with Crippen LogP contribution in [0.2, 0.25) is 5.02 Å². The van der Waals surface area contributed by atoms with Crippen molar-refractivity contribution in [3.05, 3.63) is 107 Å². The summed E-state index contributed by atoms with van der Waals surface area (Å²) in [6, 6.07) is 21.2. The van der Waals surface area contributed by atoms with Gasteiger partial charge in [-0.25, -0.2) is 0 Å². The Bertz CT molecular complexity index is 1160. The summed E-state index contributed by atoms with van der Waals surface area (Å²) in [6.07, 6.45) is -3.10. The van der Waals surface area contributed by atoms with Gasteiger partial charge >= 0.3 is 6.36 Å². The second-order valence-corrected chi connectivity index (χ2v) is 8.01. The van der Waals surface area contributed by atoms with Crippen molar-refractivity contribution >= 4 is 23.2 Å². The number of benzene rings is 3. The van der Waals surface area contributed by atoms with Crippen molar-refractivity contribution in [1.29, 1.82) is 0 Å². The Morgan fingerprint density at radius 2 is 1.70 bits per heavy atom. The Morgan fingerprint density at radius 3 is 2.36 bits per heavy atom. The maximum absolute atomic E-state index is 13.4. The number of rotatable bonds is 6. The monoisotopic (exact) mass is 472 g/mol. The van der Waals surface area contributed by atoms with E-state index in [-0.39, 0.29) is 17.7 Å². The number of carbonyl (C=O) groups is 1. The number of amides is 1. The third-order valence-electron chi connectivity index (χ3n) is 5.26. The summed E-state index contributed by atoms with van der Waals surface area (Å²) >= 11 is 6.00. The molecule has 0 aromatic heterocycles. The van der Waals surface area contributed by atoms with Gasteiger partial charge in [-0.1, -0.05) is 54.1 Å². The number of carbonyl (C=O) groups excluding carboxylic acids is 1. The molecule has 3 aromatic rings. The van der Waals surface area contributed by atoms with Crippen LogP contribution in [0.1, 0.15) is 30.1 Å². The van der Waals surface area contributed by atoms with Gasteiger partial charge in [-0.05, 0) is 60.5 Å². The molecule has 1 N–H and O–H groups in total. The Kier molecular flexibility index (Phi) is 6.33. The number of ether oxygens (including phenoxy) is 1. The van der Waals surface area contributed by atoms with Gasteiger partial charge in [0, 0.05) is 16.8 Å². The molecule has 0 fully saturated rings. The Hall–Kier alpha value is -3.45. The molecule has 1 aliphatic heterocycles. The van der Waals surface area contributed by atoms with E-state index in [9.17, 15) is 18.0 Å². The molecule has 170 valence electrons. The minimum absolute atomic E-state index is 0.160. The van der Waals surface area contributed by atoms with Crippen LogP contribution in [-0.4, -0.2) is 12.3 Å². The fourth-order valence-corrected chi connectivity index (χ4v) is 3.87. The molecule has 0 radical (unpaired) electrons. The van der Waals surface area contributed by atoms with E-state index in [0.717, 1.165) is 5.56 Å². The minimum Gasteiger partial charge on any atom is -0.406 e. The number of hydrogen-bond acceptors (Lipinski definition) is 3. The molecule has 4 nitrogen and oxygen atoms in total. The standard InChI is InChI=1S/C25H20ClF3N2O2/c1-16(17-6-3-2-4-7-17)30-22-15-23(18-8-5-9-21(14-18)33-25(27,28)29)31(24(22)32)20-12-10-19(26)11-13-20/h2-16,23,30H,1H3/t16-,23-/m1/s1. The molecule has 1 heterocycles. The predicted molar refractivity (Wildman–Crippen MR) is 121 cm³/mol. The summed E-state index contributed by atoms with van der Waals surface area (Å²) in [4.78, 5) is 14.9. The smallest absolute Gasteiger partial charge is 0.406 e. The molecule has 4 rings (SSSR count). The third-order valence-corrected chi connectivity index (χ3v) is 5.51. The van der Waals surface area contributed by atoms with E-state index in [2.05, 4.69) is 10.1 Å². The number of nitrogens with one attached hydrogen (secondary N) is 1. The molecule has 0 saturated heterocycles. The molecule has 1 aliphatic rings.